The molecule has 0 aromatic heterocycles. The maximum atomic E-state index is 13.0. The van der Waals surface area contributed by atoms with Crippen molar-refractivity contribution in [2.24, 2.45) is 23.5 Å². The molecule has 6 heteroatoms. The monoisotopic (exact) mass is 405 g/mol. The fourth-order valence-electron chi connectivity index (χ4n) is 5.45. The summed E-state index contributed by atoms with van der Waals surface area (Å²) in [5.41, 5.74) is 6.91. The lowest BCUT2D eigenvalue weighted by Crippen LogP contribution is -2.56. The third-order valence-electron chi connectivity index (χ3n) is 6.79. The lowest BCUT2D eigenvalue weighted by Gasteiger charge is -2.46. The summed E-state index contributed by atoms with van der Waals surface area (Å²) in [6.07, 6.45) is 7.44. The number of carbonyl (C=O) groups excluding carboxylic acids is 2. The van der Waals surface area contributed by atoms with Gasteiger partial charge in [0.15, 0.2) is 0 Å². The Balaban J connectivity index is 0.00000225. The number of piperidine rings is 1. The van der Waals surface area contributed by atoms with Crippen LogP contribution in [0.15, 0.2) is 30.3 Å². The number of hydrogen-bond acceptors (Lipinski definition) is 3. The molecule has 2 amide bonds. The van der Waals surface area contributed by atoms with Crippen molar-refractivity contribution in [2.45, 2.75) is 57.0 Å². The molecule has 154 valence electrons. The van der Waals surface area contributed by atoms with Crippen molar-refractivity contribution in [1.29, 1.82) is 0 Å². The minimum atomic E-state index is -0.0947. The Kier molecular flexibility index (Phi) is 7.00. The molecule has 0 radical (unpaired) electrons. The Morgan fingerprint density at radius 2 is 1.68 bits per heavy atom. The van der Waals surface area contributed by atoms with Gasteiger partial charge in [0, 0.05) is 30.7 Å². The number of carbonyl (C=O) groups is 2. The van der Waals surface area contributed by atoms with E-state index in [9.17, 15) is 9.59 Å². The highest BCUT2D eigenvalue weighted by Crippen LogP contribution is 2.39. The van der Waals surface area contributed by atoms with Gasteiger partial charge < -0.3 is 16.0 Å². The van der Waals surface area contributed by atoms with Crippen LogP contribution in [0, 0.1) is 17.8 Å². The minimum Gasteiger partial charge on any atom is -0.353 e. The Morgan fingerprint density at radius 3 is 2.36 bits per heavy atom. The summed E-state index contributed by atoms with van der Waals surface area (Å²) in [6, 6.07) is 9.95. The van der Waals surface area contributed by atoms with Crippen LogP contribution >= 0.6 is 12.4 Å². The molecule has 5 nitrogen and oxygen atoms in total. The van der Waals surface area contributed by atoms with E-state index in [2.05, 4.69) is 5.32 Å². The smallest absolute Gasteiger partial charge is 0.253 e. The van der Waals surface area contributed by atoms with Gasteiger partial charge in [-0.05, 0) is 62.5 Å². The SMILES string of the molecule is Cl.NC1CC2CCCC(C1)C2NC(=O)C1CCCN(C(=O)c2ccccc2)C1. The third-order valence-corrected chi connectivity index (χ3v) is 6.79. The molecule has 3 fully saturated rings. The summed E-state index contributed by atoms with van der Waals surface area (Å²) < 4.78 is 0. The van der Waals surface area contributed by atoms with Crippen LogP contribution in [0.4, 0.5) is 0 Å². The fraction of sp³-hybridized carbons (Fsp3) is 0.636. The van der Waals surface area contributed by atoms with E-state index in [1.54, 1.807) is 0 Å². The van der Waals surface area contributed by atoms with Gasteiger partial charge in [0.25, 0.3) is 5.91 Å². The van der Waals surface area contributed by atoms with E-state index >= 15 is 0 Å². The first-order chi connectivity index (χ1) is 13.1. The van der Waals surface area contributed by atoms with Crippen LogP contribution in [-0.4, -0.2) is 41.9 Å². The van der Waals surface area contributed by atoms with Crippen LogP contribution in [-0.2, 0) is 4.79 Å². The zero-order chi connectivity index (χ0) is 18.8. The maximum Gasteiger partial charge on any atom is 0.253 e. The Hall–Kier alpha value is -1.59. The van der Waals surface area contributed by atoms with Crippen molar-refractivity contribution < 1.29 is 9.59 Å². The molecule has 1 aliphatic heterocycles. The number of nitrogens with two attached hydrogens (primary N) is 1. The van der Waals surface area contributed by atoms with Crippen LogP contribution in [0.3, 0.4) is 0 Å². The Labute approximate surface area is 173 Å². The highest BCUT2D eigenvalue weighted by Gasteiger charge is 2.41. The molecule has 4 rings (SSSR count). The van der Waals surface area contributed by atoms with Gasteiger partial charge in [0.2, 0.25) is 5.91 Å². The molecule has 3 unspecified atom stereocenters. The predicted molar refractivity (Wildman–Crippen MR) is 112 cm³/mol. The second kappa shape index (κ2) is 9.27. The van der Waals surface area contributed by atoms with Crippen molar-refractivity contribution in [1.82, 2.24) is 10.2 Å². The lowest BCUT2D eigenvalue weighted by atomic mass is 9.67. The summed E-state index contributed by atoms with van der Waals surface area (Å²) in [5, 5.41) is 3.38. The summed E-state index contributed by atoms with van der Waals surface area (Å²) in [5.74, 6) is 1.14. The van der Waals surface area contributed by atoms with Gasteiger partial charge in [-0.2, -0.15) is 0 Å². The van der Waals surface area contributed by atoms with Gasteiger partial charge >= 0.3 is 0 Å². The van der Waals surface area contributed by atoms with Crippen LogP contribution in [0.5, 0.6) is 0 Å². The van der Waals surface area contributed by atoms with Crippen LogP contribution in [0.25, 0.3) is 0 Å². The molecule has 2 saturated carbocycles. The first-order valence-corrected chi connectivity index (χ1v) is 10.5. The normalized spacial score (nSPS) is 32.2. The van der Waals surface area contributed by atoms with E-state index < -0.39 is 0 Å². The molecule has 3 N–H and O–H groups in total. The van der Waals surface area contributed by atoms with Gasteiger partial charge in [-0.1, -0.05) is 24.6 Å². The molecule has 3 atom stereocenters. The van der Waals surface area contributed by atoms with Gasteiger partial charge in [0.1, 0.15) is 0 Å². The number of fused-ring (bicyclic) bond motifs is 2. The lowest BCUT2D eigenvalue weighted by molar-refractivity contribution is -0.128. The topological polar surface area (TPSA) is 75.4 Å². The van der Waals surface area contributed by atoms with E-state index in [-0.39, 0.29) is 36.2 Å². The molecular weight excluding hydrogens is 374 g/mol. The van der Waals surface area contributed by atoms with E-state index in [1.165, 1.54) is 19.3 Å². The second-order valence-electron chi connectivity index (χ2n) is 8.67. The summed E-state index contributed by atoms with van der Waals surface area (Å²) >= 11 is 0. The quantitative estimate of drug-likeness (QED) is 0.811. The first kappa shape index (κ1) is 21.1. The van der Waals surface area contributed by atoms with E-state index in [0.717, 1.165) is 32.2 Å². The van der Waals surface area contributed by atoms with E-state index in [1.807, 2.05) is 35.2 Å². The van der Waals surface area contributed by atoms with Gasteiger partial charge in [0.05, 0.1) is 5.92 Å². The molecule has 28 heavy (non-hydrogen) atoms. The highest BCUT2D eigenvalue weighted by atomic mass is 35.5. The van der Waals surface area contributed by atoms with Crippen LogP contribution in [0.1, 0.15) is 55.3 Å². The molecular formula is C22H32ClN3O2. The number of nitrogens with zero attached hydrogens (tertiary/aromatic N) is 1. The van der Waals surface area contributed by atoms with Crippen molar-refractivity contribution in [3.8, 4) is 0 Å². The number of likely N-dealkylation sites (tertiary alicyclic amines) is 1. The van der Waals surface area contributed by atoms with Gasteiger partial charge in [-0.3, -0.25) is 9.59 Å². The fourth-order valence-corrected chi connectivity index (χ4v) is 5.45. The highest BCUT2D eigenvalue weighted by molar-refractivity contribution is 5.94. The molecule has 2 bridgehead atoms. The largest absolute Gasteiger partial charge is 0.353 e. The zero-order valence-corrected chi connectivity index (χ0v) is 17.2. The molecule has 3 aliphatic rings. The van der Waals surface area contributed by atoms with Crippen LogP contribution in [0.2, 0.25) is 0 Å². The van der Waals surface area contributed by atoms with Crippen LogP contribution < -0.4 is 11.1 Å². The van der Waals surface area contributed by atoms with Crippen molar-refractivity contribution in [2.75, 3.05) is 13.1 Å². The predicted octanol–water partition coefficient (Wildman–Crippen LogP) is 2.98. The van der Waals surface area contributed by atoms with E-state index in [4.69, 9.17) is 5.73 Å². The minimum absolute atomic E-state index is 0. The van der Waals surface area contributed by atoms with Crippen molar-refractivity contribution >= 4 is 24.2 Å². The number of halogens is 1. The average molecular weight is 406 g/mol. The zero-order valence-electron chi connectivity index (χ0n) is 16.4. The molecule has 1 saturated heterocycles. The first-order valence-electron chi connectivity index (χ1n) is 10.5. The number of hydrogen-bond donors (Lipinski definition) is 2. The maximum absolute atomic E-state index is 13.0. The van der Waals surface area contributed by atoms with Gasteiger partial charge in [-0.15, -0.1) is 12.4 Å². The summed E-state index contributed by atoms with van der Waals surface area (Å²) in [4.78, 5) is 27.6. The second-order valence-corrected chi connectivity index (χ2v) is 8.67. The number of amides is 2. The van der Waals surface area contributed by atoms with Crippen molar-refractivity contribution in [3.63, 3.8) is 0 Å². The standard InChI is InChI=1S/C22H31N3O2.ClH/c23-19-12-16-8-4-9-17(13-19)20(16)24-21(26)18-10-5-11-25(14-18)22(27)15-6-2-1-3-7-15;/h1-3,6-7,16-20H,4-5,8-14,23H2,(H,24,26);1H. The summed E-state index contributed by atoms with van der Waals surface area (Å²) in [6.45, 7) is 1.27. The summed E-state index contributed by atoms with van der Waals surface area (Å²) in [7, 11) is 0. The average Bonchev–Trinajstić information content (AvgIpc) is 2.69. The number of nitrogens with one attached hydrogen (secondary N) is 1. The molecule has 0 spiro atoms. The molecule has 1 aromatic rings. The third kappa shape index (κ3) is 4.52. The van der Waals surface area contributed by atoms with Crippen molar-refractivity contribution in [3.05, 3.63) is 35.9 Å². The number of rotatable bonds is 3. The van der Waals surface area contributed by atoms with Gasteiger partial charge in [-0.25, -0.2) is 0 Å². The molecule has 1 heterocycles. The number of benzene rings is 1. The Morgan fingerprint density at radius 1 is 1.00 bits per heavy atom. The molecule has 1 aromatic carbocycles. The molecule has 2 aliphatic carbocycles. The Bertz CT molecular complexity index is 670. The van der Waals surface area contributed by atoms with E-state index in [0.29, 0.717) is 30.0 Å².